The minimum absolute atomic E-state index is 0.0735. The van der Waals surface area contributed by atoms with Crippen LogP contribution in [0, 0.1) is 12.7 Å². The van der Waals surface area contributed by atoms with E-state index in [0.717, 1.165) is 4.57 Å². The standard InChI is InChI=1S/C27H32FN5O5S/c1-8-21(34)27(5,6)32-23(35)22-16(4)24(33-29-11-12-30-33)39-25(22)31(26(32)36)14-20(38-15(2)3)18-13-17(28)9-10-19(18)37-7/h9-13,15,20H,8,14H2,1-7H3/t20-/m0/s1. The number of hydrogen-bond acceptors (Lipinski definition) is 8. The van der Waals surface area contributed by atoms with Gasteiger partial charge in [-0.3, -0.25) is 14.2 Å². The van der Waals surface area contributed by atoms with Gasteiger partial charge in [-0.15, -0.1) is 4.80 Å². The lowest BCUT2D eigenvalue weighted by Gasteiger charge is -2.28. The summed E-state index contributed by atoms with van der Waals surface area (Å²) in [6.45, 7) is 10.2. The number of halogens is 1. The van der Waals surface area contributed by atoms with Crippen LogP contribution in [0.4, 0.5) is 4.39 Å². The van der Waals surface area contributed by atoms with Gasteiger partial charge in [0, 0.05) is 17.5 Å². The van der Waals surface area contributed by atoms with Crippen molar-refractivity contribution in [3.63, 3.8) is 0 Å². The highest BCUT2D eigenvalue weighted by Crippen LogP contribution is 2.34. The van der Waals surface area contributed by atoms with Crippen LogP contribution in [0.3, 0.4) is 0 Å². The normalized spacial score (nSPS) is 12.8. The first-order chi connectivity index (χ1) is 18.4. The maximum atomic E-state index is 14.4. The zero-order chi connectivity index (χ0) is 28.6. The zero-order valence-electron chi connectivity index (χ0n) is 23.0. The van der Waals surface area contributed by atoms with Crippen molar-refractivity contribution < 1.29 is 18.7 Å². The first-order valence-electron chi connectivity index (χ1n) is 12.6. The summed E-state index contributed by atoms with van der Waals surface area (Å²) < 4.78 is 28.5. The SMILES string of the molecule is CCC(=O)C(C)(C)n1c(=O)c2c(C)c(-n3nccn3)sc2n(C[C@H](OC(C)C)c2cc(F)ccc2OC)c1=O. The van der Waals surface area contributed by atoms with Crippen molar-refractivity contribution in [3.05, 3.63) is 68.4 Å². The number of hydrogen-bond donors (Lipinski definition) is 0. The number of carbonyl (C=O) groups is 1. The van der Waals surface area contributed by atoms with Gasteiger partial charge in [-0.2, -0.15) is 10.2 Å². The molecule has 0 saturated carbocycles. The summed E-state index contributed by atoms with van der Waals surface area (Å²) in [6, 6.07) is 4.10. The fraction of sp³-hybridized carbons (Fsp3) is 0.444. The predicted octanol–water partition coefficient (Wildman–Crippen LogP) is 4.14. The summed E-state index contributed by atoms with van der Waals surface area (Å²) in [5.41, 5.74) is -1.68. The van der Waals surface area contributed by atoms with Gasteiger partial charge in [0.2, 0.25) is 0 Å². The fourth-order valence-electron chi connectivity index (χ4n) is 4.72. The smallest absolute Gasteiger partial charge is 0.333 e. The molecule has 0 fully saturated rings. The molecule has 0 spiro atoms. The van der Waals surface area contributed by atoms with E-state index >= 15 is 0 Å². The molecule has 0 N–H and O–H groups in total. The molecule has 0 bridgehead atoms. The molecule has 3 aromatic heterocycles. The Morgan fingerprint density at radius 3 is 2.44 bits per heavy atom. The first-order valence-corrected chi connectivity index (χ1v) is 13.4. The van der Waals surface area contributed by atoms with E-state index in [1.54, 1.807) is 27.7 Å². The Balaban J connectivity index is 2.07. The Morgan fingerprint density at radius 2 is 1.85 bits per heavy atom. The number of Topliss-reactive ketones (excluding diaryl/α,β-unsaturated/α-hetero) is 1. The first kappa shape index (κ1) is 28.4. The summed E-state index contributed by atoms with van der Waals surface area (Å²) in [4.78, 5) is 42.8. The Hall–Kier alpha value is -3.64. The molecule has 1 atom stereocenters. The van der Waals surface area contributed by atoms with Crippen LogP contribution >= 0.6 is 11.3 Å². The van der Waals surface area contributed by atoms with Crippen LogP contribution in [0.5, 0.6) is 5.75 Å². The van der Waals surface area contributed by atoms with E-state index in [0.29, 0.717) is 26.7 Å². The summed E-state index contributed by atoms with van der Waals surface area (Å²) in [5.74, 6) is -0.361. The molecule has 0 unspecified atom stereocenters. The molecule has 0 aliphatic heterocycles. The summed E-state index contributed by atoms with van der Waals surface area (Å²) in [6.07, 6.45) is 2.07. The molecule has 39 heavy (non-hydrogen) atoms. The van der Waals surface area contributed by atoms with Crippen molar-refractivity contribution in [2.24, 2.45) is 0 Å². The van der Waals surface area contributed by atoms with Crippen molar-refractivity contribution in [2.45, 2.75) is 72.3 Å². The average molecular weight is 558 g/mol. The topological polar surface area (TPSA) is 110 Å². The Kier molecular flexibility index (Phi) is 7.89. The second kappa shape index (κ2) is 10.9. The minimum Gasteiger partial charge on any atom is -0.496 e. The third kappa shape index (κ3) is 5.06. The second-order valence-electron chi connectivity index (χ2n) is 9.96. The minimum atomic E-state index is -1.41. The molecule has 208 valence electrons. The highest BCUT2D eigenvalue weighted by atomic mass is 32.1. The van der Waals surface area contributed by atoms with Gasteiger partial charge in [-0.1, -0.05) is 18.3 Å². The Bertz CT molecular complexity index is 1630. The molecule has 0 saturated heterocycles. The molecule has 3 heterocycles. The van der Waals surface area contributed by atoms with Gasteiger partial charge < -0.3 is 9.47 Å². The summed E-state index contributed by atoms with van der Waals surface area (Å²) >= 11 is 1.18. The lowest BCUT2D eigenvalue weighted by molar-refractivity contribution is -0.126. The van der Waals surface area contributed by atoms with Crippen LogP contribution < -0.4 is 16.0 Å². The van der Waals surface area contributed by atoms with Crippen LogP contribution in [0.15, 0.2) is 40.2 Å². The second-order valence-corrected chi connectivity index (χ2v) is 10.9. The van der Waals surface area contributed by atoms with Crippen LogP contribution in [0.25, 0.3) is 15.2 Å². The molecule has 12 heteroatoms. The molecule has 0 amide bonds. The van der Waals surface area contributed by atoms with Crippen LogP contribution in [0.1, 0.15) is 58.3 Å². The number of benzene rings is 1. The van der Waals surface area contributed by atoms with Crippen molar-refractivity contribution in [3.8, 4) is 10.8 Å². The number of aryl methyl sites for hydroxylation is 1. The average Bonchev–Trinajstić information content (AvgIpc) is 3.53. The van der Waals surface area contributed by atoms with Crippen molar-refractivity contribution in [1.82, 2.24) is 24.1 Å². The summed E-state index contributed by atoms with van der Waals surface area (Å²) in [7, 11) is 1.47. The lowest BCUT2D eigenvalue weighted by atomic mass is 9.96. The molecule has 1 aromatic carbocycles. The van der Waals surface area contributed by atoms with Gasteiger partial charge in [0.1, 0.15) is 33.0 Å². The van der Waals surface area contributed by atoms with Gasteiger partial charge >= 0.3 is 5.69 Å². The Morgan fingerprint density at radius 1 is 1.18 bits per heavy atom. The van der Waals surface area contributed by atoms with Crippen LogP contribution in [0.2, 0.25) is 0 Å². The quantitative estimate of drug-likeness (QED) is 0.288. The number of thiophene rings is 1. The van der Waals surface area contributed by atoms with Crippen molar-refractivity contribution in [2.75, 3.05) is 7.11 Å². The molecular weight excluding hydrogens is 525 g/mol. The zero-order valence-corrected chi connectivity index (χ0v) is 23.8. The number of aromatic nitrogens is 5. The van der Waals surface area contributed by atoms with E-state index in [1.807, 2.05) is 13.8 Å². The van der Waals surface area contributed by atoms with Gasteiger partial charge in [-0.05, 0) is 52.8 Å². The highest BCUT2D eigenvalue weighted by Gasteiger charge is 2.35. The van der Waals surface area contributed by atoms with Gasteiger partial charge in [-0.25, -0.2) is 13.8 Å². The molecule has 0 aliphatic rings. The number of methoxy groups -OCH3 is 1. The van der Waals surface area contributed by atoms with E-state index in [9.17, 15) is 18.8 Å². The van der Waals surface area contributed by atoms with Gasteiger partial charge in [0.25, 0.3) is 5.56 Å². The number of ether oxygens (including phenoxy) is 2. The fourth-order valence-corrected chi connectivity index (χ4v) is 5.94. The van der Waals surface area contributed by atoms with E-state index in [-0.39, 0.29) is 30.2 Å². The van der Waals surface area contributed by atoms with E-state index in [4.69, 9.17) is 9.47 Å². The number of ketones is 1. The van der Waals surface area contributed by atoms with E-state index in [2.05, 4.69) is 10.2 Å². The third-order valence-corrected chi connectivity index (χ3v) is 7.95. The van der Waals surface area contributed by atoms with E-state index in [1.165, 1.54) is 58.4 Å². The summed E-state index contributed by atoms with van der Waals surface area (Å²) in [5, 5.41) is 9.23. The molecule has 0 aliphatic carbocycles. The number of nitrogens with zero attached hydrogens (tertiary/aromatic N) is 5. The maximum Gasteiger partial charge on any atom is 0.333 e. The van der Waals surface area contributed by atoms with Gasteiger partial charge in [0.15, 0.2) is 5.78 Å². The maximum absolute atomic E-state index is 14.4. The number of carbonyl (C=O) groups excluding carboxylic acids is 1. The van der Waals surface area contributed by atoms with E-state index < -0.39 is 28.7 Å². The lowest BCUT2D eigenvalue weighted by Crippen LogP contribution is -2.52. The monoisotopic (exact) mass is 557 g/mol. The number of fused-ring (bicyclic) bond motifs is 1. The third-order valence-electron chi connectivity index (χ3n) is 6.67. The highest BCUT2D eigenvalue weighted by molar-refractivity contribution is 7.21. The molecular formula is C27H32FN5O5S. The Labute approximate surface area is 228 Å². The largest absolute Gasteiger partial charge is 0.496 e. The molecule has 4 rings (SSSR count). The predicted molar refractivity (Wildman–Crippen MR) is 147 cm³/mol. The van der Waals surface area contributed by atoms with Crippen molar-refractivity contribution >= 4 is 27.3 Å². The molecule has 4 aromatic rings. The van der Waals surface area contributed by atoms with Crippen molar-refractivity contribution in [1.29, 1.82) is 0 Å². The number of rotatable bonds is 10. The van der Waals surface area contributed by atoms with Gasteiger partial charge in [0.05, 0.1) is 37.5 Å². The van der Waals surface area contributed by atoms with Crippen LogP contribution in [-0.2, 0) is 21.6 Å². The molecule has 0 radical (unpaired) electrons. The molecule has 10 nitrogen and oxygen atoms in total. The van der Waals surface area contributed by atoms with Crippen LogP contribution in [-0.4, -0.2) is 43.1 Å².